The van der Waals surface area contributed by atoms with Gasteiger partial charge in [0.25, 0.3) is 0 Å². The van der Waals surface area contributed by atoms with Crippen LogP contribution in [0.3, 0.4) is 0 Å². The van der Waals surface area contributed by atoms with Gasteiger partial charge in [0.15, 0.2) is 0 Å². The van der Waals surface area contributed by atoms with E-state index in [4.69, 9.17) is 4.74 Å². The molecule has 1 saturated heterocycles. The van der Waals surface area contributed by atoms with Crippen molar-refractivity contribution >= 4 is 6.03 Å². The van der Waals surface area contributed by atoms with E-state index in [1.54, 1.807) is 6.20 Å². The third-order valence-corrected chi connectivity index (χ3v) is 6.17. The predicted octanol–water partition coefficient (Wildman–Crippen LogP) is 3.50. The number of amides is 2. The second-order valence-corrected chi connectivity index (χ2v) is 8.16. The molecule has 0 unspecified atom stereocenters. The molecular formula is C23H29N3O3. The Balaban J connectivity index is 1.28. The molecule has 2 aromatic rings. The fourth-order valence-electron chi connectivity index (χ4n) is 4.43. The molecule has 2 amide bonds. The highest BCUT2D eigenvalue weighted by Gasteiger charge is 2.43. The largest absolute Gasteiger partial charge is 0.487 e. The molecule has 1 saturated carbocycles. The Morgan fingerprint density at radius 3 is 3.03 bits per heavy atom. The molecule has 1 aromatic carbocycles. The number of pyridine rings is 1. The van der Waals surface area contributed by atoms with Gasteiger partial charge >= 0.3 is 6.03 Å². The molecule has 2 aliphatic rings. The Kier molecular flexibility index (Phi) is 6.00. The van der Waals surface area contributed by atoms with Gasteiger partial charge < -0.3 is 20.1 Å². The number of hydrogen-bond donors (Lipinski definition) is 2. The highest BCUT2D eigenvalue weighted by Crippen LogP contribution is 2.39. The number of benzene rings is 1. The van der Waals surface area contributed by atoms with Gasteiger partial charge in [-0.3, -0.25) is 4.98 Å². The lowest BCUT2D eigenvalue weighted by Gasteiger charge is -2.47. The van der Waals surface area contributed by atoms with Crippen molar-refractivity contribution in [1.29, 1.82) is 0 Å². The summed E-state index contributed by atoms with van der Waals surface area (Å²) >= 11 is 0. The first kappa shape index (κ1) is 19.7. The molecule has 4 rings (SSSR count). The molecule has 154 valence electrons. The number of aliphatic hydroxyl groups is 1. The van der Waals surface area contributed by atoms with Gasteiger partial charge in [-0.25, -0.2) is 4.79 Å². The summed E-state index contributed by atoms with van der Waals surface area (Å²) in [5.41, 5.74) is 1.30. The van der Waals surface area contributed by atoms with E-state index in [1.165, 1.54) is 0 Å². The van der Waals surface area contributed by atoms with Crippen molar-refractivity contribution in [2.24, 2.45) is 5.92 Å². The van der Waals surface area contributed by atoms with Crippen LogP contribution in [0.1, 0.15) is 43.4 Å². The maximum Gasteiger partial charge on any atom is 0.317 e. The number of nitrogens with zero attached hydrogens (tertiary/aromatic N) is 2. The van der Waals surface area contributed by atoms with E-state index >= 15 is 0 Å². The zero-order chi connectivity index (χ0) is 20.1. The van der Waals surface area contributed by atoms with Crippen molar-refractivity contribution in [3.05, 3.63) is 59.9 Å². The van der Waals surface area contributed by atoms with E-state index in [1.807, 2.05) is 47.4 Å². The lowest BCUT2D eigenvalue weighted by molar-refractivity contribution is -0.0870. The van der Waals surface area contributed by atoms with Crippen LogP contribution in [0.15, 0.2) is 48.7 Å². The Hall–Kier alpha value is -2.60. The summed E-state index contributed by atoms with van der Waals surface area (Å²) in [5, 5.41) is 13.8. The quantitative estimate of drug-likeness (QED) is 0.813. The number of likely N-dealkylation sites (tertiary alicyclic amines) is 1. The van der Waals surface area contributed by atoms with Crippen molar-refractivity contribution in [2.75, 3.05) is 13.1 Å². The molecule has 6 heteroatoms. The van der Waals surface area contributed by atoms with Crippen LogP contribution < -0.4 is 10.1 Å². The fourth-order valence-corrected chi connectivity index (χ4v) is 4.43. The number of nitrogens with one attached hydrogen (secondary N) is 1. The van der Waals surface area contributed by atoms with Gasteiger partial charge in [-0.2, -0.15) is 0 Å². The molecule has 2 heterocycles. The van der Waals surface area contributed by atoms with Crippen molar-refractivity contribution in [2.45, 2.75) is 50.9 Å². The molecule has 2 N–H and O–H groups in total. The second kappa shape index (κ2) is 8.82. The fraction of sp³-hybridized carbons (Fsp3) is 0.478. The topological polar surface area (TPSA) is 74.7 Å². The van der Waals surface area contributed by atoms with Crippen molar-refractivity contribution in [3.63, 3.8) is 0 Å². The number of ether oxygens (including phenoxy) is 1. The molecule has 0 spiro atoms. The van der Waals surface area contributed by atoms with Crippen LogP contribution >= 0.6 is 0 Å². The van der Waals surface area contributed by atoms with Crippen molar-refractivity contribution < 1.29 is 14.6 Å². The number of rotatable bonds is 5. The molecule has 29 heavy (non-hydrogen) atoms. The van der Waals surface area contributed by atoms with E-state index in [-0.39, 0.29) is 11.9 Å². The Labute approximate surface area is 171 Å². The van der Waals surface area contributed by atoms with E-state index in [9.17, 15) is 9.90 Å². The molecule has 2 fully saturated rings. The minimum Gasteiger partial charge on any atom is -0.487 e. The normalized spacial score (nSPS) is 23.9. The second-order valence-electron chi connectivity index (χ2n) is 8.16. The molecule has 0 bridgehead atoms. The highest BCUT2D eigenvalue weighted by atomic mass is 16.5. The van der Waals surface area contributed by atoms with Gasteiger partial charge in [-0.15, -0.1) is 0 Å². The van der Waals surface area contributed by atoms with E-state index in [2.05, 4.69) is 10.3 Å². The molecule has 6 nitrogen and oxygen atoms in total. The average molecular weight is 396 g/mol. The summed E-state index contributed by atoms with van der Waals surface area (Å²) < 4.78 is 5.81. The first-order valence-corrected chi connectivity index (χ1v) is 10.5. The smallest absolute Gasteiger partial charge is 0.317 e. The first-order chi connectivity index (χ1) is 14.1. The maximum atomic E-state index is 12.6. The van der Waals surface area contributed by atoms with E-state index < -0.39 is 5.60 Å². The molecule has 1 aliphatic carbocycles. The minimum absolute atomic E-state index is 0.0579. The molecule has 0 radical (unpaired) electrons. The van der Waals surface area contributed by atoms with Crippen LogP contribution in [0.4, 0.5) is 4.79 Å². The third-order valence-electron chi connectivity index (χ3n) is 6.17. The zero-order valence-corrected chi connectivity index (χ0v) is 16.7. The van der Waals surface area contributed by atoms with Crippen LogP contribution in [0.5, 0.6) is 5.75 Å². The number of carbonyl (C=O) groups is 1. The standard InChI is InChI=1S/C23H29N3O3/c27-22(26-13-11-23(28)10-3-1-7-19(23)16-26)25-15-18-6-5-9-21(14-18)29-17-20-8-2-4-12-24-20/h2,4-6,8-9,12,14,19,28H,1,3,7,10-11,13,15-17H2,(H,25,27)/t19-,23-/m0/s1. The Bertz CT molecular complexity index is 829. The maximum absolute atomic E-state index is 12.6. The highest BCUT2D eigenvalue weighted by molar-refractivity contribution is 5.74. The van der Waals surface area contributed by atoms with Gasteiger partial charge in [0, 0.05) is 31.7 Å². The van der Waals surface area contributed by atoms with Crippen LogP contribution in [0.2, 0.25) is 0 Å². The summed E-state index contributed by atoms with van der Waals surface area (Å²) in [5.74, 6) is 0.965. The Morgan fingerprint density at radius 2 is 2.17 bits per heavy atom. The number of fused-ring (bicyclic) bond motifs is 1. The van der Waals surface area contributed by atoms with Crippen LogP contribution in [0.25, 0.3) is 0 Å². The van der Waals surface area contributed by atoms with Gasteiger partial charge in [-0.1, -0.05) is 31.0 Å². The minimum atomic E-state index is -0.561. The molecule has 1 aromatic heterocycles. The van der Waals surface area contributed by atoms with Gasteiger partial charge in [0.1, 0.15) is 12.4 Å². The van der Waals surface area contributed by atoms with Gasteiger partial charge in [0.2, 0.25) is 0 Å². The summed E-state index contributed by atoms with van der Waals surface area (Å²) in [6.45, 7) is 2.13. The predicted molar refractivity (Wildman–Crippen MR) is 110 cm³/mol. The van der Waals surface area contributed by atoms with Gasteiger partial charge in [0.05, 0.1) is 11.3 Å². The summed E-state index contributed by atoms with van der Waals surface area (Å²) in [6, 6.07) is 13.4. The first-order valence-electron chi connectivity index (χ1n) is 10.5. The van der Waals surface area contributed by atoms with E-state index in [0.717, 1.165) is 42.7 Å². The SMILES string of the molecule is O=C(NCc1cccc(OCc2ccccn2)c1)N1CC[C@@]2(O)CCCC[C@H]2C1. The average Bonchev–Trinajstić information content (AvgIpc) is 2.76. The number of aromatic nitrogens is 1. The summed E-state index contributed by atoms with van der Waals surface area (Å²) in [6.07, 6.45) is 6.56. The van der Waals surface area contributed by atoms with Crippen molar-refractivity contribution in [1.82, 2.24) is 15.2 Å². The molecule has 1 aliphatic heterocycles. The number of hydrogen-bond acceptors (Lipinski definition) is 4. The summed E-state index contributed by atoms with van der Waals surface area (Å²) in [4.78, 5) is 18.7. The number of urea groups is 1. The lowest BCUT2D eigenvalue weighted by Crippen LogP contribution is -2.56. The zero-order valence-electron chi connectivity index (χ0n) is 16.7. The number of piperidine rings is 1. The van der Waals surface area contributed by atoms with Crippen molar-refractivity contribution in [3.8, 4) is 5.75 Å². The Morgan fingerprint density at radius 1 is 1.24 bits per heavy atom. The van der Waals surface area contributed by atoms with E-state index in [0.29, 0.717) is 32.7 Å². The van der Waals surface area contributed by atoms with Crippen LogP contribution in [0, 0.1) is 5.92 Å². The molecular weight excluding hydrogens is 366 g/mol. The van der Waals surface area contributed by atoms with Crippen LogP contribution in [-0.2, 0) is 13.2 Å². The van der Waals surface area contributed by atoms with Gasteiger partial charge in [-0.05, 0) is 49.1 Å². The summed E-state index contributed by atoms with van der Waals surface area (Å²) in [7, 11) is 0. The lowest BCUT2D eigenvalue weighted by atomic mass is 9.71. The monoisotopic (exact) mass is 395 g/mol. The molecule has 2 atom stereocenters. The third kappa shape index (κ3) is 4.88. The number of carbonyl (C=O) groups excluding carboxylic acids is 1. The van der Waals surface area contributed by atoms with Crippen LogP contribution in [-0.4, -0.2) is 39.7 Å².